The van der Waals surface area contributed by atoms with Gasteiger partial charge < -0.3 is 4.57 Å². The number of rotatable bonds is 9. The first-order chi connectivity index (χ1) is 8.33. The first-order valence-corrected chi connectivity index (χ1v) is 7.80. The van der Waals surface area contributed by atoms with E-state index >= 15 is 0 Å². The van der Waals surface area contributed by atoms with Gasteiger partial charge in [-0.1, -0.05) is 69.4 Å². The summed E-state index contributed by atoms with van der Waals surface area (Å²) in [5, 5.41) is 1.45. The largest absolute Gasteiger partial charge is 0.324 e. The highest BCUT2D eigenvalue weighted by Gasteiger charge is 2.01. The number of nitrogens with zero attached hydrogens (tertiary/aromatic N) is 1. The van der Waals surface area contributed by atoms with Gasteiger partial charge in [0.1, 0.15) is 0 Å². The van der Waals surface area contributed by atoms with Crippen LogP contribution in [0.4, 0.5) is 0 Å². The van der Waals surface area contributed by atoms with Gasteiger partial charge in [-0.3, -0.25) is 0 Å². The zero-order chi connectivity index (χ0) is 12.3. The molecule has 0 aliphatic rings. The van der Waals surface area contributed by atoms with Crippen LogP contribution in [0.15, 0.2) is 30.3 Å². The lowest BCUT2D eigenvalue weighted by Gasteiger charge is -2.15. The maximum absolute atomic E-state index is 2.45. The van der Waals surface area contributed by atoms with Crippen molar-refractivity contribution in [1.29, 1.82) is 0 Å². The Morgan fingerprint density at radius 1 is 0.941 bits per heavy atom. The van der Waals surface area contributed by atoms with Gasteiger partial charge in [0.05, 0.1) is 0 Å². The summed E-state index contributed by atoms with van der Waals surface area (Å²) < 4.78 is 2.45. The maximum atomic E-state index is 2.45. The fourth-order valence-electron chi connectivity index (χ4n) is 1.92. The Bertz CT molecular complexity index is 274. The molecule has 94 valence electrons. The standard InChI is InChI=1S/C15H25NSi/c1-3-4-5-6-7-11-14-16(2)17-15-12-9-8-10-13-15/h8-10,12-13H,3-7,11,14H2,1-2H3. The minimum absolute atomic E-state index is 0.824. The highest BCUT2D eigenvalue weighted by molar-refractivity contribution is 6.50. The molecule has 17 heavy (non-hydrogen) atoms. The van der Waals surface area contributed by atoms with E-state index < -0.39 is 0 Å². The predicted octanol–water partition coefficient (Wildman–Crippen LogP) is 3.22. The molecule has 0 saturated carbocycles. The van der Waals surface area contributed by atoms with Gasteiger partial charge in [0.2, 0.25) is 0 Å². The quantitative estimate of drug-likeness (QED) is 0.478. The lowest BCUT2D eigenvalue weighted by molar-refractivity contribution is 0.490. The highest BCUT2D eigenvalue weighted by Crippen LogP contribution is 2.05. The first-order valence-electron chi connectivity index (χ1n) is 6.85. The number of hydrogen-bond acceptors (Lipinski definition) is 1. The van der Waals surface area contributed by atoms with Crippen molar-refractivity contribution in [3.63, 3.8) is 0 Å². The van der Waals surface area contributed by atoms with Crippen LogP contribution in [0.3, 0.4) is 0 Å². The van der Waals surface area contributed by atoms with Crippen molar-refractivity contribution in [2.45, 2.75) is 45.4 Å². The van der Waals surface area contributed by atoms with E-state index in [1.165, 1.54) is 50.3 Å². The molecule has 0 fully saturated rings. The van der Waals surface area contributed by atoms with E-state index in [-0.39, 0.29) is 0 Å². The molecule has 2 heteroatoms. The Balaban J connectivity index is 2.03. The van der Waals surface area contributed by atoms with Gasteiger partial charge in [0.15, 0.2) is 9.68 Å². The van der Waals surface area contributed by atoms with Gasteiger partial charge in [-0.05, 0) is 25.2 Å². The average Bonchev–Trinajstić information content (AvgIpc) is 2.35. The molecule has 0 aliphatic carbocycles. The van der Waals surface area contributed by atoms with Gasteiger partial charge >= 0.3 is 0 Å². The summed E-state index contributed by atoms with van der Waals surface area (Å²) >= 11 is 0. The van der Waals surface area contributed by atoms with Crippen molar-refractivity contribution < 1.29 is 0 Å². The van der Waals surface area contributed by atoms with Crippen molar-refractivity contribution in [3.05, 3.63) is 30.3 Å². The molecule has 0 spiro atoms. The molecule has 2 radical (unpaired) electrons. The molecular formula is C15H25NSi. The molecule has 0 amide bonds. The monoisotopic (exact) mass is 247 g/mol. The highest BCUT2D eigenvalue weighted by atomic mass is 28.2. The third kappa shape index (κ3) is 7.34. The Kier molecular flexibility index (Phi) is 8.02. The average molecular weight is 247 g/mol. The molecule has 0 unspecified atom stereocenters. The summed E-state index contributed by atoms with van der Waals surface area (Å²) in [4.78, 5) is 0. The van der Waals surface area contributed by atoms with E-state index in [4.69, 9.17) is 0 Å². The number of hydrogen-bond donors (Lipinski definition) is 0. The van der Waals surface area contributed by atoms with Gasteiger partial charge in [0.25, 0.3) is 0 Å². The molecule has 1 nitrogen and oxygen atoms in total. The fraction of sp³-hybridized carbons (Fsp3) is 0.600. The molecule has 0 aliphatic heterocycles. The van der Waals surface area contributed by atoms with Crippen LogP contribution in [0.5, 0.6) is 0 Å². The van der Waals surface area contributed by atoms with Gasteiger partial charge in [-0.15, -0.1) is 0 Å². The zero-order valence-corrected chi connectivity index (χ0v) is 12.3. The first kappa shape index (κ1) is 14.5. The fourth-order valence-corrected chi connectivity index (χ4v) is 2.97. The molecule has 1 rings (SSSR count). The lowest BCUT2D eigenvalue weighted by Crippen LogP contribution is -2.33. The molecule has 1 aromatic carbocycles. The molecule has 1 aromatic rings. The van der Waals surface area contributed by atoms with Gasteiger partial charge in [-0.25, -0.2) is 0 Å². The summed E-state index contributed by atoms with van der Waals surface area (Å²) in [7, 11) is 3.06. The minimum Gasteiger partial charge on any atom is -0.324 e. The van der Waals surface area contributed by atoms with Crippen molar-refractivity contribution in [2.75, 3.05) is 13.6 Å². The van der Waals surface area contributed by atoms with Crippen molar-refractivity contribution in [2.24, 2.45) is 0 Å². The second-order valence-corrected chi connectivity index (χ2v) is 6.23. The van der Waals surface area contributed by atoms with Crippen LogP contribution in [0.2, 0.25) is 0 Å². The smallest absolute Gasteiger partial charge is 0.182 e. The molecule has 0 bridgehead atoms. The normalized spacial score (nSPS) is 11.0. The zero-order valence-electron chi connectivity index (χ0n) is 11.3. The van der Waals surface area contributed by atoms with Crippen LogP contribution >= 0.6 is 0 Å². The molecule has 0 heterocycles. The Morgan fingerprint density at radius 3 is 2.29 bits per heavy atom. The number of unbranched alkanes of at least 4 members (excludes halogenated alkanes) is 5. The summed E-state index contributed by atoms with van der Waals surface area (Å²) in [6.07, 6.45) is 8.32. The van der Waals surface area contributed by atoms with Crippen LogP contribution in [0.25, 0.3) is 0 Å². The SMILES string of the molecule is CCCCCCCCN(C)[Si]c1ccccc1. The lowest BCUT2D eigenvalue weighted by atomic mass is 10.1. The Labute approximate surface area is 109 Å². The summed E-state index contributed by atoms with van der Waals surface area (Å²) in [5.41, 5.74) is 0. The van der Waals surface area contributed by atoms with E-state index in [2.05, 4.69) is 48.9 Å². The Hall–Kier alpha value is -0.603. The van der Waals surface area contributed by atoms with Gasteiger partial charge in [0, 0.05) is 0 Å². The predicted molar refractivity (Wildman–Crippen MR) is 77.8 cm³/mol. The van der Waals surface area contributed by atoms with Crippen molar-refractivity contribution in [1.82, 2.24) is 4.57 Å². The van der Waals surface area contributed by atoms with E-state index in [0.29, 0.717) is 0 Å². The van der Waals surface area contributed by atoms with E-state index in [1.807, 2.05) is 0 Å². The van der Waals surface area contributed by atoms with Crippen LogP contribution in [0, 0.1) is 0 Å². The molecular weight excluding hydrogens is 222 g/mol. The van der Waals surface area contributed by atoms with E-state index in [0.717, 1.165) is 9.68 Å². The minimum atomic E-state index is 0.824. The second-order valence-electron chi connectivity index (χ2n) is 4.67. The van der Waals surface area contributed by atoms with Crippen LogP contribution < -0.4 is 5.19 Å². The van der Waals surface area contributed by atoms with Crippen molar-refractivity contribution >= 4 is 14.9 Å². The topological polar surface area (TPSA) is 3.24 Å². The summed E-state index contributed by atoms with van der Waals surface area (Å²) in [5.74, 6) is 0. The van der Waals surface area contributed by atoms with E-state index in [9.17, 15) is 0 Å². The van der Waals surface area contributed by atoms with Crippen molar-refractivity contribution in [3.8, 4) is 0 Å². The number of benzene rings is 1. The van der Waals surface area contributed by atoms with Crippen LogP contribution in [-0.2, 0) is 0 Å². The molecule has 0 aromatic heterocycles. The second kappa shape index (κ2) is 9.43. The Morgan fingerprint density at radius 2 is 1.59 bits per heavy atom. The summed E-state index contributed by atoms with van der Waals surface area (Å²) in [6.45, 7) is 3.51. The molecule has 0 N–H and O–H groups in total. The molecule has 0 saturated heterocycles. The molecule has 0 atom stereocenters. The third-order valence-electron chi connectivity index (χ3n) is 2.94. The van der Waals surface area contributed by atoms with Crippen LogP contribution in [0.1, 0.15) is 45.4 Å². The summed E-state index contributed by atoms with van der Waals surface area (Å²) in [6, 6.07) is 10.8. The third-order valence-corrected chi connectivity index (χ3v) is 4.14. The van der Waals surface area contributed by atoms with Gasteiger partial charge in [-0.2, -0.15) is 0 Å². The van der Waals surface area contributed by atoms with E-state index in [1.54, 1.807) is 0 Å². The van der Waals surface area contributed by atoms with Crippen LogP contribution in [-0.4, -0.2) is 27.8 Å². The maximum Gasteiger partial charge on any atom is 0.182 e.